The number of hydrogen-bond acceptors (Lipinski definition) is 5. The molecule has 0 saturated carbocycles. The highest BCUT2D eigenvalue weighted by molar-refractivity contribution is 9.10. The minimum Gasteiger partial charge on any atom is -0.451 e. The molecule has 0 unspecified atom stereocenters. The minimum atomic E-state index is -0.622. The maximum Gasteiger partial charge on any atom is 0.348 e. The number of benzene rings is 1. The average Bonchev–Trinajstić information content (AvgIpc) is 2.97. The molecule has 0 bridgehead atoms. The lowest BCUT2D eigenvalue weighted by molar-refractivity contribution is -0.119. The van der Waals surface area contributed by atoms with Gasteiger partial charge >= 0.3 is 5.97 Å². The van der Waals surface area contributed by atoms with Crippen molar-refractivity contribution in [3.8, 4) is 0 Å². The third-order valence-corrected chi connectivity index (χ3v) is 4.31. The SMILES string of the molecule is CC(=O)c1ccc(C(=O)OCC(=O)Nc2ccc(Br)cc2)s1. The number of Topliss-reactive ketones (excluding diaryl/α,β-unsaturated/α-hetero) is 1. The highest BCUT2D eigenvalue weighted by Gasteiger charge is 2.14. The number of ketones is 1. The fraction of sp³-hybridized carbons (Fsp3) is 0.133. The predicted octanol–water partition coefficient (Wildman–Crippen LogP) is 3.51. The van der Waals surface area contributed by atoms with Crippen LogP contribution in [-0.4, -0.2) is 24.3 Å². The quantitative estimate of drug-likeness (QED) is 0.635. The molecule has 2 rings (SSSR count). The molecular formula is C15H12BrNO4S. The molecule has 2 aromatic rings. The van der Waals surface area contributed by atoms with Gasteiger partial charge < -0.3 is 10.1 Å². The number of hydrogen-bond donors (Lipinski definition) is 1. The lowest BCUT2D eigenvalue weighted by Gasteiger charge is -2.06. The number of halogens is 1. The first-order chi connectivity index (χ1) is 10.5. The summed E-state index contributed by atoms with van der Waals surface area (Å²) >= 11 is 4.34. The van der Waals surface area contributed by atoms with Crippen LogP contribution in [0.25, 0.3) is 0 Å². The Hall–Kier alpha value is -1.99. The molecule has 0 aliphatic heterocycles. The molecule has 1 heterocycles. The summed E-state index contributed by atoms with van der Waals surface area (Å²) < 4.78 is 5.82. The summed E-state index contributed by atoms with van der Waals surface area (Å²) in [6.07, 6.45) is 0. The molecule has 1 amide bonds. The first-order valence-corrected chi connectivity index (χ1v) is 7.90. The molecule has 1 N–H and O–H groups in total. The zero-order valence-corrected chi connectivity index (χ0v) is 14.0. The topological polar surface area (TPSA) is 72.5 Å². The predicted molar refractivity (Wildman–Crippen MR) is 87.4 cm³/mol. The second-order valence-corrected chi connectivity index (χ2v) is 6.35. The van der Waals surface area contributed by atoms with Crippen LogP contribution in [0, 0.1) is 0 Å². The van der Waals surface area contributed by atoms with E-state index in [9.17, 15) is 14.4 Å². The van der Waals surface area contributed by atoms with Crippen LogP contribution in [0.15, 0.2) is 40.9 Å². The van der Waals surface area contributed by atoms with E-state index in [0.29, 0.717) is 15.4 Å². The van der Waals surface area contributed by atoms with Crippen LogP contribution < -0.4 is 5.32 Å². The lowest BCUT2D eigenvalue weighted by atomic mass is 10.3. The Morgan fingerprint density at radius 3 is 2.32 bits per heavy atom. The van der Waals surface area contributed by atoms with Gasteiger partial charge in [0, 0.05) is 10.2 Å². The molecule has 0 spiro atoms. The van der Waals surface area contributed by atoms with E-state index in [2.05, 4.69) is 21.2 Å². The van der Waals surface area contributed by atoms with E-state index in [1.807, 2.05) is 0 Å². The van der Waals surface area contributed by atoms with Crippen molar-refractivity contribution in [2.75, 3.05) is 11.9 Å². The highest BCUT2D eigenvalue weighted by Crippen LogP contribution is 2.18. The summed E-state index contributed by atoms with van der Waals surface area (Å²) in [6.45, 7) is 1.04. The molecule has 0 radical (unpaired) electrons. The van der Waals surface area contributed by atoms with Crippen molar-refractivity contribution in [1.29, 1.82) is 0 Å². The number of carbonyl (C=O) groups is 3. The molecule has 0 fully saturated rings. The van der Waals surface area contributed by atoms with Crippen LogP contribution in [0.4, 0.5) is 5.69 Å². The minimum absolute atomic E-state index is 0.114. The summed E-state index contributed by atoms with van der Waals surface area (Å²) in [5, 5.41) is 2.61. The number of thiophene rings is 1. The molecule has 0 saturated heterocycles. The van der Waals surface area contributed by atoms with Crippen LogP contribution in [0.2, 0.25) is 0 Å². The van der Waals surface area contributed by atoms with E-state index >= 15 is 0 Å². The van der Waals surface area contributed by atoms with Crippen molar-refractivity contribution in [3.63, 3.8) is 0 Å². The Labute approximate surface area is 139 Å². The number of amides is 1. The summed E-state index contributed by atoms with van der Waals surface area (Å²) in [5.74, 6) is -1.17. The second kappa shape index (κ2) is 7.33. The van der Waals surface area contributed by atoms with Crippen LogP contribution in [-0.2, 0) is 9.53 Å². The van der Waals surface area contributed by atoms with Gasteiger partial charge in [0.2, 0.25) is 0 Å². The number of anilines is 1. The van der Waals surface area contributed by atoms with E-state index in [1.165, 1.54) is 13.0 Å². The number of esters is 1. The third kappa shape index (κ3) is 4.51. The van der Waals surface area contributed by atoms with E-state index in [4.69, 9.17) is 4.74 Å². The molecule has 1 aromatic carbocycles. The fourth-order valence-corrected chi connectivity index (χ4v) is 2.63. The van der Waals surface area contributed by atoms with Crippen LogP contribution in [0.1, 0.15) is 26.3 Å². The molecule has 0 aliphatic carbocycles. The number of rotatable bonds is 5. The van der Waals surface area contributed by atoms with Gasteiger partial charge in [-0.2, -0.15) is 0 Å². The molecule has 0 atom stereocenters. The summed E-state index contributed by atoms with van der Waals surface area (Å²) in [6, 6.07) is 10.1. The summed E-state index contributed by atoms with van der Waals surface area (Å²) in [4.78, 5) is 35.4. The molecule has 0 aliphatic rings. The molecule has 5 nitrogen and oxygen atoms in total. The van der Waals surface area contributed by atoms with Crippen LogP contribution in [0.5, 0.6) is 0 Å². The second-order valence-electron chi connectivity index (χ2n) is 4.35. The van der Waals surface area contributed by atoms with Crippen molar-refractivity contribution >= 4 is 50.6 Å². The summed E-state index contributed by atoms with van der Waals surface area (Å²) in [7, 11) is 0. The standard InChI is InChI=1S/C15H12BrNO4S/c1-9(18)12-6-7-13(22-12)15(20)21-8-14(19)17-11-4-2-10(16)3-5-11/h2-7H,8H2,1H3,(H,17,19). The maximum atomic E-state index is 11.8. The Kier molecular flexibility index (Phi) is 5.46. The van der Waals surface area contributed by atoms with Gasteiger partial charge in [-0.1, -0.05) is 15.9 Å². The van der Waals surface area contributed by atoms with E-state index in [1.54, 1.807) is 30.3 Å². The Bertz CT molecular complexity index is 709. The summed E-state index contributed by atoms with van der Waals surface area (Å²) in [5.41, 5.74) is 0.610. The van der Waals surface area contributed by atoms with Crippen molar-refractivity contribution in [1.82, 2.24) is 0 Å². The van der Waals surface area contributed by atoms with Crippen molar-refractivity contribution in [2.45, 2.75) is 6.92 Å². The van der Waals surface area contributed by atoms with Gasteiger partial charge in [0.1, 0.15) is 4.88 Å². The van der Waals surface area contributed by atoms with Crippen molar-refractivity contribution < 1.29 is 19.1 Å². The van der Waals surface area contributed by atoms with Gasteiger partial charge in [-0.3, -0.25) is 9.59 Å². The lowest BCUT2D eigenvalue weighted by Crippen LogP contribution is -2.20. The number of ether oxygens (including phenoxy) is 1. The van der Waals surface area contributed by atoms with Gasteiger partial charge in [-0.05, 0) is 43.3 Å². The number of nitrogens with one attached hydrogen (secondary N) is 1. The normalized spacial score (nSPS) is 10.1. The third-order valence-electron chi connectivity index (χ3n) is 2.62. The van der Waals surface area contributed by atoms with Gasteiger partial charge in [-0.15, -0.1) is 11.3 Å². The fourth-order valence-electron chi connectivity index (χ4n) is 1.57. The Morgan fingerprint density at radius 1 is 1.09 bits per heavy atom. The smallest absolute Gasteiger partial charge is 0.348 e. The van der Waals surface area contributed by atoms with E-state index in [0.717, 1.165) is 15.8 Å². The van der Waals surface area contributed by atoms with E-state index in [-0.39, 0.29) is 12.4 Å². The first kappa shape index (κ1) is 16.4. The molecule has 7 heteroatoms. The van der Waals surface area contributed by atoms with Crippen molar-refractivity contribution in [2.24, 2.45) is 0 Å². The molecule has 1 aromatic heterocycles. The van der Waals surface area contributed by atoms with Gasteiger partial charge in [0.15, 0.2) is 12.4 Å². The van der Waals surface area contributed by atoms with Gasteiger partial charge in [0.05, 0.1) is 4.88 Å². The van der Waals surface area contributed by atoms with Gasteiger partial charge in [-0.25, -0.2) is 4.79 Å². The molecule has 114 valence electrons. The zero-order chi connectivity index (χ0) is 16.1. The molecular weight excluding hydrogens is 370 g/mol. The van der Waals surface area contributed by atoms with Crippen molar-refractivity contribution in [3.05, 3.63) is 50.6 Å². The Balaban J connectivity index is 1.86. The monoisotopic (exact) mass is 381 g/mol. The largest absolute Gasteiger partial charge is 0.451 e. The maximum absolute atomic E-state index is 11.8. The Morgan fingerprint density at radius 2 is 1.73 bits per heavy atom. The van der Waals surface area contributed by atoms with E-state index < -0.39 is 11.9 Å². The average molecular weight is 382 g/mol. The number of carbonyl (C=O) groups excluding carboxylic acids is 3. The van der Waals surface area contributed by atoms with Crippen LogP contribution >= 0.6 is 27.3 Å². The molecule has 22 heavy (non-hydrogen) atoms. The zero-order valence-electron chi connectivity index (χ0n) is 11.6. The first-order valence-electron chi connectivity index (χ1n) is 6.29. The van der Waals surface area contributed by atoms with Gasteiger partial charge in [0.25, 0.3) is 5.91 Å². The van der Waals surface area contributed by atoms with Crippen LogP contribution in [0.3, 0.4) is 0 Å². The highest BCUT2D eigenvalue weighted by atomic mass is 79.9.